The lowest BCUT2D eigenvalue weighted by atomic mass is 10.0. The fraction of sp³-hybridized carbons (Fsp3) is 0.667. The van der Waals surface area contributed by atoms with Gasteiger partial charge in [-0.3, -0.25) is 0 Å². The molecule has 0 heterocycles. The van der Waals surface area contributed by atoms with E-state index in [9.17, 15) is 4.79 Å². The lowest BCUT2D eigenvalue weighted by Crippen LogP contribution is -2.05. The Hall–Kier alpha value is -2.28. The summed E-state index contributed by atoms with van der Waals surface area (Å²) >= 11 is 0. The van der Waals surface area contributed by atoms with Gasteiger partial charge in [0.05, 0.1) is 13.2 Å². The monoisotopic (exact) mass is 469 g/mol. The number of hydrogen-bond donors (Lipinski definition) is 0. The number of esters is 1. The molecule has 0 aliphatic carbocycles. The Kier molecular flexibility index (Phi) is 18.6. The molecule has 0 bridgehead atoms. The number of benzene rings is 1. The van der Waals surface area contributed by atoms with E-state index >= 15 is 0 Å². The van der Waals surface area contributed by atoms with Crippen LogP contribution in [0.4, 0.5) is 0 Å². The second kappa shape index (κ2) is 21.3. The number of rotatable bonds is 21. The molecule has 0 radical (unpaired) electrons. The molecule has 0 amide bonds. The van der Waals surface area contributed by atoms with Gasteiger partial charge in [-0.05, 0) is 37.1 Å². The van der Waals surface area contributed by atoms with Crippen molar-refractivity contribution in [2.75, 3.05) is 13.2 Å². The summed E-state index contributed by atoms with van der Waals surface area (Å²) in [7, 11) is 0. The summed E-state index contributed by atoms with van der Waals surface area (Å²) in [6, 6.07) is 9.33. The van der Waals surface area contributed by atoms with E-state index in [0.29, 0.717) is 0 Å². The Morgan fingerprint density at radius 3 is 1.68 bits per heavy atom. The molecule has 4 heteroatoms. The first kappa shape index (κ1) is 29.8. The summed E-state index contributed by atoms with van der Waals surface area (Å²) in [5.74, 6) is 0.224. The molecule has 0 fully saturated rings. The summed E-state index contributed by atoms with van der Waals surface area (Å²) < 4.78 is 10.7. The minimum atomic E-state index is -0.589. The smallest absolute Gasteiger partial charge is 0.348 e. The van der Waals surface area contributed by atoms with Crippen molar-refractivity contribution in [3.05, 3.63) is 35.4 Å². The van der Waals surface area contributed by atoms with Crippen LogP contribution >= 0.6 is 0 Å². The first-order valence-corrected chi connectivity index (χ1v) is 13.7. The van der Waals surface area contributed by atoms with Crippen LogP contribution in [0.25, 0.3) is 6.08 Å². The number of nitriles is 1. The Balaban J connectivity index is 1.99. The molecule has 4 nitrogen and oxygen atoms in total. The quantitative estimate of drug-likeness (QED) is 0.0781. The second-order valence-electron chi connectivity index (χ2n) is 9.11. The van der Waals surface area contributed by atoms with Crippen molar-refractivity contribution in [1.82, 2.24) is 0 Å². The summed E-state index contributed by atoms with van der Waals surface area (Å²) in [5, 5.41) is 9.11. The number of nitrogens with zero attached hydrogens (tertiary/aromatic N) is 1. The van der Waals surface area contributed by atoms with Gasteiger partial charge >= 0.3 is 5.97 Å². The minimum Gasteiger partial charge on any atom is -0.494 e. The lowest BCUT2D eigenvalue weighted by molar-refractivity contribution is -0.137. The molecule has 1 aromatic carbocycles. The van der Waals surface area contributed by atoms with E-state index in [-0.39, 0.29) is 12.2 Å². The van der Waals surface area contributed by atoms with Crippen molar-refractivity contribution in [2.45, 2.75) is 117 Å². The van der Waals surface area contributed by atoms with Crippen LogP contribution < -0.4 is 4.74 Å². The predicted octanol–water partition coefficient (Wildman–Crippen LogP) is 8.80. The number of ether oxygens (including phenoxy) is 2. The molecule has 1 aromatic rings. The fourth-order valence-electron chi connectivity index (χ4n) is 4.01. The molecule has 0 N–H and O–H groups in total. The number of hydrogen-bond acceptors (Lipinski definition) is 4. The van der Waals surface area contributed by atoms with E-state index in [1.807, 2.05) is 30.3 Å². The van der Waals surface area contributed by atoms with Crippen LogP contribution in [0.1, 0.15) is 122 Å². The molecule has 0 aliphatic rings. The Morgan fingerprint density at radius 1 is 0.765 bits per heavy atom. The van der Waals surface area contributed by atoms with E-state index in [0.717, 1.165) is 24.3 Å². The van der Waals surface area contributed by atoms with Crippen molar-refractivity contribution in [1.29, 1.82) is 5.26 Å². The summed E-state index contributed by atoms with van der Waals surface area (Å²) in [6.45, 7) is 4.98. The minimum absolute atomic E-state index is 0.00341. The van der Waals surface area contributed by atoms with Gasteiger partial charge in [-0.2, -0.15) is 5.26 Å². The van der Waals surface area contributed by atoms with Crippen LogP contribution in [0.3, 0.4) is 0 Å². The molecule has 0 aliphatic heterocycles. The highest BCUT2D eigenvalue weighted by Gasteiger charge is 2.09. The van der Waals surface area contributed by atoms with E-state index in [1.165, 1.54) is 102 Å². The van der Waals surface area contributed by atoms with Gasteiger partial charge in [0, 0.05) is 0 Å². The first-order chi connectivity index (χ1) is 16.7. The third kappa shape index (κ3) is 15.5. The Labute approximate surface area is 208 Å². The Morgan fingerprint density at radius 2 is 1.24 bits per heavy atom. The van der Waals surface area contributed by atoms with Gasteiger partial charge in [0.15, 0.2) is 0 Å². The summed E-state index contributed by atoms with van der Waals surface area (Å²) in [6.07, 6.45) is 23.4. The average Bonchev–Trinajstić information content (AvgIpc) is 2.85. The van der Waals surface area contributed by atoms with Crippen LogP contribution in [0.2, 0.25) is 0 Å². The SMILES string of the molecule is CCCCCCCCCCCCCCCCCCOc1ccc(C=C(C#N)C(=O)OCC)cc1. The highest BCUT2D eigenvalue weighted by Crippen LogP contribution is 2.17. The first-order valence-electron chi connectivity index (χ1n) is 13.7. The van der Waals surface area contributed by atoms with Crippen molar-refractivity contribution < 1.29 is 14.3 Å². The molecule has 0 atom stereocenters. The fourth-order valence-corrected chi connectivity index (χ4v) is 4.01. The molecule has 0 spiro atoms. The maximum atomic E-state index is 11.7. The molecule has 0 aromatic heterocycles. The van der Waals surface area contributed by atoms with Crippen LogP contribution in [-0.4, -0.2) is 19.2 Å². The average molecular weight is 470 g/mol. The lowest BCUT2D eigenvalue weighted by Gasteiger charge is -2.07. The molecular weight excluding hydrogens is 422 g/mol. The van der Waals surface area contributed by atoms with E-state index in [1.54, 1.807) is 6.92 Å². The second-order valence-corrected chi connectivity index (χ2v) is 9.11. The van der Waals surface area contributed by atoms with Crippen LogP contribution in [0.15, 0.2) is 29.8 Å². The van der Waals surface area contributed by atoms with E-state index in [4.69, 9.17) is 14.7 Å². The maximum Gasteiger partial charge on any atom is 0.348 e. The largest absolute Gasteiger partial charge is 0.494 e. The van der Waals surface area contributed by atoms with Gasteiger partial charge < -0.3 is 9.47 Å². The standard InChI is InChI=1S/C30H47NO3/c1-3-5-6-7-8-9-10-11-12-13-14-15-16-17-18-19-24-34-29-22-20-27(21-23-29)25-28(26-31)30(32)33-4-2/h20-23,25H,3-19,24H2,1-2H3. The molecule has 0 saturated carbocycles. The maximum absolute atomic E-state index is 11.7. The van der Waals surface area contributed by atoms with E-state index < -0.39 is 5.97 Å². The molecule has 34 heavy (non-hydrogen) atoms. The van der Waals surface area contributed by atoms with Crippen molar-refractivity contribution >= 4 is 12.0 Å². The summed E-state index contributed by atoms with van der Waals surface area (Å²) in [4.78, 5) is 11.7. The van der Waals surface area contributed by atoms with Gasteiger partial charge in [-0.15, -0.1) is 0 Å². The molecule has 0 unspecified atom stereocenters. The van der Waals surface area contributed by atoms with Gasteiger partial charge in [-0.25, -0.2) is 4.79 Å². The van der Waals surface area contributed by atoms with Crippen molar-refractivity contribution in [3.8, 4) is 11.8 Å². The molecule has 0 saturated heterocycles. The van der Waals surface area contributed by atoms with Gasteiger partial charge in [-0.1, -0.05) is 115 Å². The topological polar surface area (TPSA) is 59.3 Å². The number of carbonyl (C=O) groups is 1. The third-order valence-corrected chi connectivity index (χ3v) is 6.07. The van der Waals surface area contributed by atoms with E-state index in [2.05, 4.69) is 6.92 Å². The summed E-state index contributed by atoms with van der Waals surface area (Å²) in [5.41, 5.74) is 0.781. The highest BCUT2D eigenvalue weighted by atomic mass is 16.5. The van der Waals surface area contributed by atoms with Gasteiger partial charge in [0.2, 0.25) is 0 Å². The van der Waals surface area contributed by atoms with Gasteiger partial charge in [0.1, 0.15) is 17.4 Å². The predicted molar refractivity (Wildman–Crippen MR) is 142 cm³/mol. The zero-order valence-electron chi connectivity index (χ0n) is 21.8. The molecule has 1 rings (SSSR count). The van der Waals surface area contributed by atoms with Crippen LogP contribution in [0, 0.1) is 11.3 Å². The number of carbonyl (C=O) groups excluding carboxylic acids is 1. The zero-order valence-corrected chi connectivity index (χ0v) is 21.8. The van der Waals surface area contributed by atoms with Crippen molar-refractivity contribution in [2.24, 2.45) is 0 Å². The third-order valence-electron chi connectivity index (χ3n) is 6.07. The number of unbranched alkanes of at least 4 members (excludes halogenated alkanes) is 15. The van der Waals surface area contributed by atoms with Gasteiger partial charge in [0.25, 0.3) is 0 Å². The highest BCUT2D eigenvalue weighted by molar-refractivity contribution is 5.97. The molecule has 190 valence electrons. The molecular formula is C30H47NO3. The normalized spacial score (nSPS) is 11.3. The van der Waals surface area contributed by atoms with Crippen LogP contribution in [-0.2, 0) is 9.53 Å². The van der Waals surface area contributed by atoms with Crippen LogP contribution in [0.5, 0.6) is 5.75 Å². The van der Waals surface area contributed by atoms with Crippen molar-refractivity contribution in [3.63, 3.8) is 0 Å². The Bertz CT molecular complexity index is 703. The zero-order chi connectivity index (χ0) is 24.7.